The van der Waals surface area contributed by atoms with Crippen LogP contribution in [0.25, 0.3) is 0 Å². The van der Waals surface area contributed by atoms with Crippen molar-refractivity contribution in [3.05, 3.63) is 34.1 Å². The lowest BCUT2D eigenvalue weighted by Gasteiger charge is -2.23. The monoisotopic (exact) mass is 327 g/mol. The Morgan fingerprint density at radius 3 is 2.79 bits per heavy atom. The van der Waals surface area contributed by atoms with Crippen LogP contribution in [0.5, 0.6) is 0 Å². The highest BCUT2D eigenvalue weighted by Gasteiger charge is 2.13. The summed E-state index contributed by atoms with van der Waals surface area (Å²) in [5, 5.41) is 3.24. The third kappa shape index (κ3) is 4.49. The summed E-state index contributed by atoms with van der Waals surface area (Å²) in [6.07, 6.45) is 6.13. The van der Waals surface area contributed by atoms with E-state index in [4.69, 9.17) is 5.73 Å². The van der Waals surface area contributed by atoms with E-state index in [2.05, 4.69) is 26.2 Å². The SMILES string of the molecule is NC(=NCc1ccc(Br)c(F)c1)NC1CCCCC1. The zero-order valence-corrected chi connectivity index (χ0v) is 12.4. The molecule has 19 heavy (non-hydrogen) atoms. The highest BCUT2D eigenvalue weighted by Crippen LogP contribution is 2.18. The van der Waals surface area contributed by atoms with E-state index < -0.39 is 0 Å². The van der Waals surface area contributed by atoms with Crippen molar-refractivity contribution in [2.24, 2.45) is 10.7 Å². The molecule has 1 aliphatic carbocycles. The number of rotatable bonds is 3. The van der Waals surface area contributed by atoms with Crippen LogP contribution in [0.4, 0.5) is 4.39 Å². The second kappa shape index (κ2) is 6.89. The molecular weight excluding hydrogens is 309 g/mol. The van der Waals surface area contributed by atoms with Gasteiger partial charge in [0.2, 0.25) is 0 Å². The third-order valence-corrected chi connectivity index (χ3v) is 4.02. The van der Waals surface area contributed by atoms with Gasteiger partial charge >= 0.3 is 0 Å². The van der Waals surface area contributed by atoms with Gasteiger partial charge in [0.05, 0.1) is 11.0 Å². The van der Waals surface area contributed by atoms with Gasteiger partial charge in [-0.2, -0.15) is 0 Å². The van der Waals surface area contributed by atoms with Gasteiger partial charge in [0, 0.05) is 6.04 Å². The largest absolute Gasteiger partial charge is 0.370 e. The molecule has 0 aliphatic heterocycles. The minimum Gasteiger partial charge on any atom is -0.370 e. The number of hydrogen-bond acceptors (Lipinski definition) is 1. The van der Waals surface area contributed by atoms with Gasteiger partial charge in [-0.1, -0.05) is 25.3 Å². The molecule has 0 amide bonds. The maximum Gasteiger partial charge on any atom is 0.189 e. The van der Waals surface area contributed by atoms with Crippen LogP contribution in [0.15, 0.2) is 27.7 Å². The molecule has 1 fully saturated rings. The van der Waals surface area contributed by atoms with Gasteiger partial charge in [-0.15, -0.1) is 0 Å². The summed E-state index contributed by atoms with van der Waals surface area (Å²) in [5.41, 5.74) is 6.67. The number of guanidine groups is 1. The van der Waals surface area contributed by atoms with Gasteiger partial charge in [-0.25, -0.2) is 9.38 Å². The summed E-state index contributed by atoms with van der Waals surface area (Å²) < 4.78 is 13.8. The molecule has 0 atom stereocenters. The molecule has 1 saturated carbocycles. The van der Waals surface area contributed by atoms with Crippen molar-refractivity contribution in [1.82, 2.24) is 5.32 Å². The van der Waals surface area contributed by atoms with E-state index in [9.17, 15) is 4.39 Å². The lowest BCUT2D eigenvalue weighted by atomic mass is 9.96. The van der Waals surface area contributed by atoms with E-state index in [0.717, 1.165) is 18.4 Å². The van der Waals surface area contributed by atoms with Crippen molar-refractivity contribution in [3.8, 4) is 0 Å². The number of nitrogens with two attached hydrogens (primary N) is 1. The summed E-state index contributed by atoms with van der Waals surface area (Å²) in [6.45, 7) is 0.399. The summed E-state index contributed by atoms with van der Waals surface area (Å²) in [5.74, 6) is 0.182. The van der Waals surface area contributed by atoms with E-state index in [-0.39, 0.29) is 5.82 Å². The summed E-state index contributed by atoms with van der Waals surface area (Å²) >= 11 is 3.13. The molecule has 2 rings (SSSR count). The first-order valence-electron chi connectivity index (χ1n) is 6.65. The molecule has 1 aromatic rings. The van der Waals surface area contributed by atoms with Crippen LogP contribution in [0.3, 0.4) is 0 Å². The summed E-state index contributed by atoms with van der Waals surface area (Å²) in [6, 6.07) is 5.44. The molecule has 1 aliphatic rings. The first-order chi connectivity index (χ1) is 9.15. The number of hydrogen-bond donors (Lipinski definition) is 2. The number of aliphatic imine (C=N–C) groups is 1. The van der Waals surface area contributed by atoms with E-state index in [1.165, 1.54) is 25.3 Å². The molecule has 0 radical (unpaired) electrons. The smallest absolute Gasteiger partial charge is 0.189 e. The zero-order valence-electron chi connectivity index (χ0n) is 10.8. The molecule has 1 aromatic carbocycles. The van der Waals surface area contributed by atoms with Crippen LogP contribution < -0.4 is 11.1 Å². The topological polar surface area (TPSA) is 50.4 Å². The van der Waals surface area contributed by atoms with Crippen molar-refractivity contribution < 1.29 is 4.39 Å². The van der Waals surface area contributed by atoms with Crippen LogP contribution in [-0.2, 0) is 6.54 Å². The molecule has 5 heteroatoms. The van der Waals surface area contributed by atoms with Crippen molar-refractivity contribution in [1.29, 1.82) is 0 Å². The fourth-order valence-corrected chi connectivity index (χ4v) is 2.56. The quantitative estimate of drug-likeness (QED) is 0.661. The van der Waals surface area contributed by atoms with Gasteiger partial charge in [-0.3, -0.25) is 0 Å². The molecule has 3 nitrogen and oxygen atoms in total. The highest BCUT2D eigenvalue weighted by atomic mass is 79.9. The molecule has 0 bridgehead atoms. The van der Waals surface area contributed by atoms with Crippen molar-refractivity contribution in [2.75, 3.05) is 0 Å². The van der Waals surface area contributed by atoms with Crippen LogP contribution in [0, 0.1) is 5.82 Å². The van der Waals surface area contributed by atoms with Crippen LogP contribution in [0.2, 0.25) is 0 Å². The van der Waals surface area contributed by atoms with Crippen molar-refractivity contribution in [2.45, 2.75) is 44.7 Å². The molecule has 3 N–H and O–H groups in total. The second-order valence-electron chi connectivity index (χ2n) is 4.93. The Bertz CT molecular complexity index is 456. The minimum atomic E-state index is -0.272. The lowest BCUT2D eigenvalue weighted by molar-refractivity contribution is 0.412. The van der Waals surface area contributed by atoms with E-state index in [1.807, 2.05) is 6.07 Å². The van der Waals surface area contributed by atoms with Crippen molar-refractivity contribution >= 4 is 21.9 Å². The van der Waals surface area contributed by atoms with Crippen LogP contribution in [0.1, 0.15) is 37.7 Å². The Balaban J connectivity index is 1.87. The fraction of sp³-hybridized carbons (Fsp3) is 0.500. The number of nitrogens with one attached hydrogen (secondary N) is 1. The number of benzene rings is 1. The van der Waals surface area contributed by atoms with Gasteiger partial charge in [0.1, 0.15) is 5.82 Å². The van der Waals surface area contributed by atoms with Crippen LogP contribution >= 0.6 is 15.9 Å². The first-order valence-corrected chi connectivity index (χ1v) is 7.45. The summed E-state index contributed by atoms with van der Waals surface area (Å²) in [7, 11) is 0. The Morgan fingerprint density at radius 1 is 1.37 bits per heavy atom. The Labute approximate surface area is 121 Å². The van der Waals surface area contributed by atoms with E-state index in [1.54, 1.807) is 6.07 Å². The molecule has 0 unspecified atom stereocenters. The van der Waals surface area contributed by atoms with Gasteiger partial charge < -0.3 is 11.1 Å². The number of halogens is 2. The molecule has 0 aromatic heterocycles. The Hall–Kier alpha value is -1.10. The third-order valence-electron chi connectivity index (χ3n) is 3.37. The molecule has 0 saturated heterocycles. The highest BCUT2D eigenvalue weighted by molar-refractivity contribution is 9.10. The second-order valence-corrected chi connectivity index (χ2v) is 5.78. The maximum atomic E-state index is 13.3. The normalized spacial score (nSPS) is 17.5. The molecular formula is C14H19BrFN3. The van der Waals surface area contributed by atoms with E-state index >= 15 is 0 Å². The Kier molecular flexibility index (Phi) is 5.19. The number of nitrogens with zero attached hydrogens (tertiary/aromatic N) is 1. The first kappa shape index (κ1) is 14.3. The van der Waals surface area contributed by atoms with Gasteiger partial charge in [-0.05, 0) is 46.5 Å². The van der Waals surface area contributed by atoms with Gasteiger partial charge in [0.15, 0.2) is 5.96 Å². The molecule has 104 valence electrons. The maximum absolute atomic E-state index is 13.3. The predicted molar refractivity (Wildman–Crippen MR) is 79.4 cm³/mol. The summed E-state index contributed by atoms with van der Waals surface area (Å²) in [4.78, 5) is 4.26. The Morgan fingerprint density at radius 2 is 2.11 bits per heavy atom. The average molecular weight is 328 g/mol. The zero-order chi connectivity index (χ0) is 13.7. The van der Waals surface area contributed by atoms with Crippen molar-refractivity contribution in [3.63, 3.8) is 0 Å². The van der Waals surface area contributed by atoms with E-state index in [0.29, 0.717) is 23.0 Å². The molecule has 0 heterocycles. The van der Waals surface area contributed by atoms with Gasteiger partial charge in [0.25, 0.3) is 0 Å². The minimum absolute atomic E-state index is 0.272. The predicted octanol–water partition coefficient (Wildman–Crippen LogP) is 3.33. The molecule has 0 spiro atoms. The van der Waals surface area contributed by atoms with Crippen LogP contribution in [-0.4, -0.2) is 12.0 Å². The lowest BCUT2D eigenvalue weighted by Crippen LogP contribution is -2.41. The average Bonchev–Trinajstić information content (AvgIpc) is 2.41. The fourth-order valence-electron chi connectivity index (χ4n) is 2.32. The standard InChI is InChI=1S/C14H19BrFN3/c15-12-7-6-10(8-13(12)16)9-18-14(17)19-11-4-2-1-3-5-11/h6-8,11H,1-5,9H2,(H3,17,18,19).